The van der Waals surface area contributed by atoms with Crippen molar-refractivity contribution in [3.8, 4) is 0 Å². The number of anilines is 1. The summed E-state index contributed by atoms with van der Waals surface area (Å²) < 4.78 is 7.45. The molecule has 5 aromatic rings. The van der Waals surface area contributed by atoms with Crippen LogP contribution in [0.3, 0.4) is 0 Å². The number of furan rings is 1. The maximum atomic E-state index is 12.5. The lowest BCUT2D eigenvalue weighted by atomic mass is 10.1. The van der Waals surface area contributed by atoms with E-state index in [1.54, 1.807) is 18.2 Å². The smallest absolute Gasteiger partial charge is 0.291 e. The van der Waals surface area contributed by atoms with Gasteiger partial charge in [0.2, 0.25) is 5.91 Å². The first-order valence-electron chi connectivity index (χ1n) is 10.5. The Hall–Kier alpha value is -4.46. The number of rotatable bonds is 6. The van der Waals surface area contributed by atoms with Gasteiger partial charge in [-0.05, 0) is 48.9 Å². The van der Waals surface area contributed by atoms with Crippen LogP contribution in [-0.4, -0.2) is 26.4 Å². The highest BCUT2D eigenvalue weighted by Crippen LogP contribution is 2.20. The molecule has 3 aromatic heterocycles. The molecule has 0 spiro atoms. The molecule has 33 heavy (non-hydrogen) atoms. The molecule has 2 amide bonds. The molecule has 0 saturated heterocycles. The van der Waals surface area contributed by atoms with Gasteiger partial charge in [0.1, 0.15) is 5.58 Å². The highest BCUT2D eigenvalue weighted by atomic mass is 16.3. The lowest BCUT2D eigenvalue weighted by Gasteiger charge is -2.12. The fourth-order valence-electron chi connectivity index (χ4n) is 3.69. The Balaban J connectivity index is 1.19. The van der Waals surface area contributed by atoms with Gasteiger partial charge in [-0.3, -0.25) is 14.0 Å². The number of hydrogen-bond donors (Lipinski definition) is 2. The van der Waals surface area contributed by atoms with E-state index in [0.29, 0.717) is 17.1 Å². The molecule has 5 rings (SSSR count). The van der Waals surface area contributed by atoms with E-state index in [9.17, 15) is 9.59 Å². The Morgan fingerprint density at radius 3 is 2.61 bits per heavy atom. The molecule has 8 heteroatoms. The van der Waals surface area contributed by atoms with Crippen molar-refractivity contribution in [3.05, 3.63) is 96.1 Å². The average molecular weight is 439 g/mol. The van der Waals surface area contributed by atoms with Gasteiger partial charge < -0.3 is 15.1 Å². The lowest BCUT2D eigenvalue weighted by molar-refractivity contribution is -0.121. The zero-order valence-electron chi connectivity index (χ0n) is 17.9. The summed E-state index contributed by atoms with van der Waals surface area (Å²) in [6.45, 7) is 1.87. The molecule has 2 N–H and O–H groups in total. The Morgan fingerprint density at radius 2 is 1.79 bits per heavy atom. The number of para-hydroxylation sites is 1. The Bertz CT molecular complexity index is 1420. The predicted octanol–water partition coefficient (Wildman–Crippen LogP) is 4.15. The lowest BCUT2D eigenvalue weighted by Crippen LogP contribution is -2.29. The van der Waals surface area contributed by atoms with Gasteiger partial charge in [0.05, 0.1) is 12.5 Å². The van der Waals surface area contributed by atoms with Crippen LogP contribution in [0, 0.1) is 0 Å². The number of carbonyl (C=O) groups is 2. The van der Waals surface area contributed by atoms with E-state index >= 15 is 0 Å². The molecular weight excluding hydrogens is 418 g/mol. The van der Waals surface area contributed by atoms with Crippen molar-refractivity contribution in [2.45, 2.75) is 19.4 Å². The number of pyridine rings is 1. The van der Waals surface area contributed by atoms with E-state index in [0.717, 1.165) is 16.6 Å². The summed E-state index contributed by atoms with van der Waals surface area (Å²) in [4.78, 5) is 25.0. The normalized spacial score (nSPS) is 12.0. The number of nitrogens with zero attached hydrogens (tertiary/aromatic N) is 3. The third-order valence-corrected chi connectivity index (χ3v) is 5.33. The quantitative estimate of drug-likeness (QED) is 0.414. The van der Waals surface area contributed by atoms with Gasteiger partial charge in [-0.25, -0.2) is 0 Å². The number of benzene rings is 2. The summed E-state index contributed by atoms with van der Waals surface area (Å²) in [6.07, 6.45) is 2.07. The largest absolute Gasteiger partial charge is 0.451 e. The number of fused-ring (bicyclic) bond motifs is 2. The Kier molecular flexibility index (Phi) is 5.32. The van der Waals surface area contributed by atoms with Gasteiger partial charge in [0.15, 0.2) is 17.2 Å². The molecule has 3 heterocycles. The molecule has 0 bridgehead atoms. The van der Waals surface area contributed by atoms with Crippen LogP contribution in [0.1, 0.15) is 34.9 Å². The minimum absolute atomic E-state index is 0.130. The van der Waals surface area contributed by atoms with Gasteiger partial charge >= 0.3 is 0 Å². The van der Waals surface area contributed by atoms with Gasteiger partial charge in [0.25, 0.3) is 5.91 Å². The van der Waals surface area contributed by atoms with E-state index < -0.39 is 0 Å². The summed E-state index contributed by atoms with van der Waals surface area (Å²) in [5, 5.41) is 15.0. The molecule has 0 aliphatic rings. The fraction of sp³-hybridized carbons (Fsp3) is 0.120. The number of carbonyl (C=O) groups excluding carboxylic acids is 2. The molecule has 164 valence electrons. The first-order valence-corrected chi connectivity index (χ1v) is 10.5. The van der Waals surface area contributed by atoms with Crippen LogP contribution in [0.25, 0.3) is 16.6 Å². The minimum Gasteiger partial charge on any atom is -0.451 e. The molecule has 8 nitrogen and oxygen atoms in total. The third kappa shape index (κ3) is 4.31. The van der Waals surface area contributed by atoms with Crippen LogP contribution in [0.2, 0.25) is 0 Å². The first kappa shape index (κ1) is 20.4. The summed E-state index contributed by atoms with van der Waals surface area (Å²) >= 11 is 0. The van der Waals surface area contributed by atoms with Crippen molar-refractivity contribution in [2.75, 3.05) is 5.32 Å². The zero-order chi connectivity index (χ0) is 22.8. The summed E-state index contributed by atoms with van der Waals surface area (Å²) in [6, 6.07) is 21.7. The number of nitrogens with one attached hydrogen (secondary N) is 2. The first-order chi connectivity index (χ1) is 16.1. The van der Waals surface area contributed by atoms with Crippen molar-refractivity contribution in [3.63, 3.8) is 0 Å². The van der Waals surface area contributed by atoms with Crippen LogP contribution < -0.4 is 10.6 Å². The van der Waals surface area contributed by atoms with Crippen molar-refractivity contribution >= 4 is 34.1 Å². The van der Waals surface area contributed by atoms with Gasteiger partial charge in [-0.2, -0.15) is 0 Å². The van der Waals surface area contributed by atoms with Crippen molar-refractivity contribution in [1.29, 1.82) is 0 Å². The highest BCUT2D eigenvalue weighted by Gasteiger charge is 2.16. The van der Waals surface area contributed by atoms with Crippen molar-refractivity contribution < 1.29 is 14.0 Å². The van der Waals surface area contributed by atoms with Gasteiger partial charge in [-0.15, -0.1) is 10.2 Å². The Morgan fingerprint density at radius 1 is 1.00 bits per heavy atom. The van der Waals surface area contributed by atoms with Crippen LogP contribution >= 0.6 is 0 Å². The SMILES string of the molecule is CC(NC(=O)Cc1ccc(NC(=O)c2cc3ccccc3o2)cc1)c1nnc2ccccn12. The second-order valence-electron chi connectivity index (χ2n) is 7.75. The van der Waals surface area contributed by atoms with Crippen LogP contribution in [0.5, 0.6) is 0 Å². The molecule has 0 aliphatic carbocycles. The van der Waals surface area contributed by atoms with Gasteiger partial charge in [-0.1, -0.05) is 36.4 Å². The number of aromatic nitrogens is 3. The monoisotopic (exact) mass is 439 g/mol. The molecule has 0 radical (unpaired) electrons. The van der Waals surface area contributed by atoms with E-state index in [4.69, 9.17) is 4.42 Å². The van der Waals surface area contributed by atoms with E-state index in [1.807, 2.05) is 72.1 Å². The third-order valence-electron chi connectivity index (χ3n) is 5.33. The van der Waals surface area contributed by atoms with Crippen LogP contribution in [0.4, 0.5) is 5.69 Å². The summed E-state index contributed by atoms with van der Waals surface area (Å²) in [5.74, 6) is 0.456. The molecule has 0 saturated carbocycles. The summed E-state index contributed by atoms with van der Waals surface area (Å²) in [7, 11) is 0. The number of amides is 2. The fourth-order valence-corrected chi connectivity index (χ4v) is 3.69. The molecule has 2 aromatic carbocycles. The van der Waals surface area contributed by atoms with Gasteiger partial charge in [0, 0.05) is 17.3 Å². The predicted molar refractivity (Wildman–Crippen MR) is 124 cm³/mol. The second kappa shape index (κ2) is 8.58. The van der Waals surface area contributed by atoms with Crippen LogP contribution in [0.15, 0.2) is 83.4 Å². The standard InChI is InChI=1S/C25H21N5O3/c1-16(24-29-28-22-8-4-5-13-30(22)24)26-23(31)14-17-9-11-19(12-10-17)27-25(32)21-15-18-6-2-3-7-20(18)33-21/h2-13,15-16H,14H2,1H3,(H,26,31)(H,27,32). The molecule has 0 aliphatic heterocycles. The van der Waals surface area contributed by atoms with E-state index in [1.165, 1.54) is 0 Å². The highest BCUT2D eigenvalue weighted by molar-refractivity contribution is 6.04. The van der Waals surface area contributed by atoms with Crippen molar-refractivity contribution in [1.82, 2.24) is 19.9 Å². The summed E-state index contributed by atoms with van der Waals surface area (Å²) in [5.41, 5.74) is 2.84. The van der Waals surface area contributed by atoms with Crippen LogP contribution in [-0.2, 0) is 11.2 Å². The maximum Gasteiger partial charge on any atom is 0.291 e. The van der Waals surface area contributed by atoms with E-state index in [2.05, 4.69) is 20.8 Å². The molecule has 1 atom stereocenters. The molecular formula is C25H21N5O3. The maximum absolute atomic E-state index is 12.5. The molecule has 1 unspecified atom stereocenters. The Labute approximate surface area is 189 Å². The average Bonchev–Trinajstić information content (AvgIpc) is 3.45. The second-order valence-corrected chi connectivity index (χ2v) is 7.75. The molecule has 0 fully saturated rings. The topological polar surface area (TPSA) is 102 Å². The minimum atomic E-state index is -0.328. The van der Waals surface area contributed by atoms with Crippen molar-refractivity contribution in [2.24, 2.45) is 0 Å². The number of hydrogen-bond acceptors (Lipinski definition) is 5. The van der Waals surface area contributed by atoms with E-state index in [-0.39, 0.29) is 30.0 Å². The zero-order valence-corrected chi connectivity index (χ0v) is 17.9.